The Morgan fingerprint density at radius 3 is 1.87 bits per heavy atom. The Balaban J connectivity index is 3.08. The normalized spacial score (nSPS) is 12.7. The first-order valence-electron chi connectivity index (χ1n) is 5.70. The molecule has 0 aromatic rings. The van der Waals surface area contributed by atoms with Crippen LogP contribution in [0.3, 0.4) is 0 Å². The van der Waals surface area contributed by atoms with E-state index < -0.39 is 12.1 Å². The standard InChI is InChI=1S/C11H22O4/c12-9-7-5-3-1-2-4-6-8-10(13)11(14)15/h10,12-13H,1-9H2,(H,14,15). The maximum absolute atomic E-state index is 10.3. The number of unbranched alkanes of at least 4 members (excludes halogenated alkanes) is 6. The van der Waals surface area contributed by atoms with E-state index in [9.17, 15) is 4.79 Å². The highest BCUT2D eigenvalue weighted by atomic mass is 16.4. The molecule has 0 bridgehead atoms. The van der Waals surface area contributed by atoms with Crippen molar-refractivity contribution in [1.82, 2.24) is 0 Å². The fourth-order valence-electron chi connectivity index (χ4n) is 1.46. The van der Waals surface area contributed by atoms with Crippen molar-refractivity contribution in [3.63, 3.8) is 0 Å². The second-order valence-electron chi connectivity index (χ2n) is 3.84. The van der Waals surface area contributed by atoms with Crippen LogP contribution in [0.5, 0.6) is 0 Å². The number of aliphatic hydroxyl groups excluding tert-OH is 2. The summed E-state index contributed by atoms with van der Waals surface area (Å²) >= 11 is 0. The Morgan fingerprint density at radius 2 is 1.40 bits per heavy atom. The van der Waals surface area contributed by atoms with Gasteiger partial charge in [0, 0.05) is 6.61 Å². The van der Waals surface area contributed by atoms with Crippen molar-refractivity contribution in [2.45, 2.75) is 57.5 Å². The Morgan fingerprint density at radius 1 is 0.933 bits per heavy atom. The molecule has 0 aromatic heterocycles. The third-order valence-electron chi connectivity index (χ3n) is 2.42. The SMILES string of the molecule is O=C(O)C(O)CCCCCCCCCO. The van der Waals surface area contributed by atoms with E-state index in [1.165, 1.54) is 0 Å². The topological polar surface area (TPSA) is 77.8 Å². The van der Waals surface area contributed by atoms with Gasteiger partial charge in [-0.15, -0.1) is 0 Å². The zero-order valence-corrected chi connectivity index (χ0v) is 9.19. The lowest BCUT2D eigenvalue weighted by molar-refractivity contribution is -0.146. The molecule has 0 amide bonds. The van der Waals surface area contributed by atoms with Gasteiger partial charge in [-0.3, -0.25) is 0 Å². The number of aliphatic hydroxyl groups is 2. The van der Waals surface area contributed by atoms with Crippen LogP contribution < -0.4 is 0 Å². The molecule has 15 heavy (non-hydrogen) atoms. The Kier molecular flexibility index (Phi) is 9.52. The number of carbonyl (C=O) groups is 1. The highest BCUT2D eigenvalue weighted by Gasteiger charge is 2.11. The zero-order valence-electron chi connectivity index (χ0n) is 9.19. The van der Waals surface area contributed by atoms with Gasteiger partial charge in [0.05, 0.1) is 0 Å². The molecule has 0 aliphatic rings. The smallest absolute Gasteiger partial charge is 0.332 e. The number of aliphatic carboxylic acids is 1. The quantitative estimate of drug-likeness (QED) is 0.486. The third kappa shape index (κ3) is 9.69. The van der Waals surface area contributed by atoms with Gasteiger partial charge >= 0.3 is 5.97 Å². The largest absolute Gasteiger partial charge is 0.479 e. The van der Waals surface area contributed by atoms with Crippen molar-refractivity contribution in [3.8, 4) is 0 Å². The molecule has 0 heterocycles. The van der Waals surface area contributed by atoms with Crippen molar-refractivity contribution in [1.29, 1.82) is 0 Å². The van der Waals surface area contributed by atoms with Crippen molar-refractivity contribution in [2.24, 2.45) is 0 Å². The summed E-state index contributed by atoms with van der Waals surface area (Å²) in [7, 11) is 0. The predicted octanol–water partition coefficient (Wildman–Crippen LogP) is 1.54. The molecule has 1 atom stereocenters. The van der Waals surface area contributed by atoms with E-state index in [2.05, 4.69) is 0 Å². The molecule has 0 aromatic carbocycles. The van der Waals surface area contributed by atoms with Crippen LogP contribution in [0.4, 0.5) is 0 Å². The van der Waals surface area contributed by atoms with E-state index >= 15 is 0 Å². The van der Waals surface area contributed by atoms with Gasteiger partial charge in [-0.2, -0.15) is 0 Å². The maximum Gasteiger partial charge on any atom is 0.332 e. The molecule has 3 N–H and O–H groups in total. The fourth-order valence-corrected chi connectivity index (χ4v) is 1.46. The van der Waals surface area contributed by atoms with Crippen LogP contribution in [-0.4, -0.2) is 34.0 Å². The lowest BCUT2D eigenvalue weighted by Crippen LogP contribution is -2.18. The number of hydrogen-bond donors (Lipinski definition) is 3. The van der Waals surface area contributed by atoms with Gasteiger partial charge in [0.25, 0.3) is 0 Å². The van der Waals surface area contributed by atoms with Crippen molar-refractivity contribution in [3.05, 3.63) is 0 Å². The number of carboxylic acid groups (broad SMARTS) is 1. The highest BCUT2D eigenvalue weighted by Crippen LogP contribution is 2.09. The summed E-state index contributed by atoms with van der Waals surface area (Å²) in [6, 6.07) is 0. The minimum Gasteiger partial charge on any atom is -0.479 e. The number of carboxylic acids is 1. The predicted molar refractivity (Wildman–Crippen MR) is 57.7 cm³/mol. The molecular formula is C11H22O4. The van der Waals surface area contributed by atoms with Gasteiger partial charge in [-0.05, 0) is 12.8 Å². The fraction of sp³-hybridized carbons (Fsp3) is 0.909. The minimum absolute atomic E-state index is 0.269. The average Bonchev–Trinajstić information content (AvgIpc) is 2.21. The first-order chi connectivity index (χ1) is 7.18. The summed E-state index contributed by atoms with van der Waals surface area (Å²) in [6.45, 7) is 0.269. The molecule has 4 nitrogen and oxygen atoms in total. The second-order valence-corrected chi connectivity index (χ2v) is 3.84. The Bertz CT molecular complexity index is 159. The lowest BCUT2D eigenvalue weighted by Gasteiger charge is -2.04. The average molecular weight is 218 g/mol. The van der Waals surface area contributed by atoms with E-state index in [1.807, 2.05) is 0 Å². The van der Waals surface area contributed by atoms with Crippen LogP contribution in [-0.2, 0) is 4.79 Å². The van der Waals surface area contributed by atoms with Gasteiger partial charge in [0.15, 0.2) is 6.10 Å². The van der Waals surface area contributed by atoms with E-state index in [4.69, 9.17) is 15.3 Å². The van der Waals surface area contributed by atoms with E-state index in [-0.39, 0.29) is 6.61 Å². The van der Waals surface area contributed by atoms with Crippen LogP contribution >= 0.6 is 0 Å². The molecule has 0 spiro atoms. The minimum atomic E-state index is -1.20. The van der Waals surface area contributed by atoms with Crippen molar-refractivity contribution in [2.75, 3.05) is 6.61 Å². The second kappa shape index (κ2) is 9.93. The summed E-state index contributed by atoms with van der Waals surface area (Å²) < 4.78 is 0. The monoisotopic (exact) mass is 218 g/mol. The van der Waals surface area contributed by atoms with Gasteiger partial charge in [-0.1, -0.05) is 38.5 Å². The molecule has 0 rings (SSSR count). The molecule has 4 heteroatoms. The van der Waals surface area contributed by atoms with Crippen LogP contribution in [0.1, 0.15) is 51.4 Å². The summed E-state index contributed by atoms with van der Waals surface area (Å²) in [5.41, 5.74) is 0. The van der Waals surface area contributed by atoms with Crippen LogP contribution in [0.15, 0.2) is 0 Å². The van der Waals surface area contributed by atoms with Crippen molar-refractivity contribution >= 4 is 5.97 Å². The van der Waals surface area contributed by atoms with Gasteiger partial charge in [0.1, 0.15) is 0 Å². The van der Waals surface area contributed by atoms with Gasteiger partial charge < -0.3 is 15.3 Å². The molecule has 0 radical (unpaired) electrons. The first-order valence-corrected chi connectivity index (χ1v) is 5.70. The molecule has 0 aliphatic heterocycles. The van der Waals surface area contributed by atoms with Crippen molar-refractivity contribution < 1.29 is 20.1 Å². The molecular weight excluding hydrogens is 196 g/mol. The Hall–Kier alpha value is -0.610. The summed E-state index contributed by atoms with van der Waals surface area (Å²) in [6.07, 6.45) is 6.18. The number of rotatable bonds is 10. The third-order valence-corrected chi connectivity index (χ3v) is 2.42. The summed E-state index contributed by atoms with van der Waals surface area (Å²) in [5.74, 6) is -1.13. The molecule has 0 saturated heterocycles. The maximum atomic E-state index is 10.3. The molecule has 0 aliphatic carbocycles. The summed E-state index contributed by atoms with van der Waals surface area (Å²) in [5, 5.41) is 25.9. The van der Waals surface area contributed by atoms with E-state index in [1.54, 1.807) is 0 Å². The first kappa shape index (κ1) is 14.4. The van der Waals surface area contributed by atoms with Crippen LogP contribution in [0, 0.1) is 0 Å². The van der Waals surface area contributed by atoms with Gasteiger partial charge in [-0.25, -0.2) is 4.79 Å². The lowest BCUT2D eigenvalue weighted by atomic mass is 10.1. The van der Waals surface area contributed by atoms with Crippen LogP contribution in [0.25, 0.3) is 0 Å². The highest BCUT2D eigenvalue weighted by molar-refractivity contribution is 5.71. The van der Waals surface area contributed by atoms with E-state index in [0.29, 0.717) is 6.42 Å². The summed E-state index contributed by atoms with van der Waals surface area (Å²) in [4.78, 5) is 10.3. The molecule has 90 valence electrons. The molecule has 0 saturated carbocycles. The molecule has 0 fully saturated rings. The Labute approximate surface area is 90.9 Å². The number of hydrogen-bond acceptors (Lipinski definition) is 3. The van der Waals surface area contributed by atoms with E-state index in [0.717, 1.165) is 44.9 Å². The zero-order chi connectivity index (χ0) is 11.5. The van der Waals surface area contributed by atoms with Crippen LogP contribution in [0.2, 0.25) is 0 Å². The van der Waals surface area contributed by atoms with Gasteiger partial charge in [0.2, 0.25) is 0 Å². The molecule has 1 unspecified atom stereocenters.